The summed E-state index contributed by atoms with van der Waals surface area (Å²) in [4.78, 5) is 26.1. The first-order valence-electron chi connectivity index (χ1n) is 12.8. The molecule has 228 valence electrons. The summed E-state index contributed by atoms with van der Waals surface area (Å²) in [6.45, 7) is 0. The predicted octanol–water partition coefficient (Wildman–Crippen LogP) is 5.39. The molecular weight excluding hydrogens is 603 g/mol. The van der Waals surface area contributed by atoms with Gasteiger partial charge in [-0.3, -0.25) is 0 Å². The molecule has 5 aromatic rings. The number of halogens is 3. The van der Waals surface area contributed by atoms with E-state index in [0.29, 0.717) is 17.5 Å². The highest BCUT2D eigenvalue weighted by Gasteiger charge is 2.41. The molecule has 0 radical (unpaired) electrons. The van der Waals surface area contributed by atoms with E-state index in [0.717, 1.165) is 22.4 Å². The van der Waals surface area contributed by atoms with Crippen molar-refractivity contribution < 1.29 is 35.3 Å². The van der Waals surface area contributed by atoms with Crippen LogP contribution in [-0.4, -0.2) is 53.1 Å². The van der Waals surface area contributed by atoms with E-state index in [-0.39, 0.29) is 11.7 Å². The van der Waals surface area contributed by atoms with Crippen molar-refractivity contribution in [3.63, 3.8) is 0 Å². The average molecular weight is 628 g/mol. The number of carbonyl (C=O) groups is 1. The van der Waals surface area contributed by atoms with Crippen molar-refractivity contribution in [3.05, 3.63) is 85.1 Å². The van der Waals surface area contributed by atoms with Gasteiger partial charge in [0.1, 0.15) is 11.6 Å². The summed E-state index contributed by atoms with van der Waals surface area (Å²) < 4.78 is 70.8. The number of aromatic nitrogens is 4. The van der Waals surface area contributed by atoms with Gasteiger partial charge in [-0.1, -0.05) is 18.2 Å². The van der Waals surface area contributed by atoms with Gasteiger partial charge in [-0.25, -0.2) is 14.8 Å². The number of carbonyl (C=O) groups excluding carboxylic acids is 1. The monoisotopic (exact) mass is 627 g/mol. The topological polar surface area (TPSA) is 141 Å². The number of aryl methyl sites for hydroxylation is 1. The van der Waals surface area contributed by atoms with Gasteiger partial charge >= 0.3 is 22.3 Å². The molecule has 44 heavy (non-hydrogen) atoms. The van der Waals surface area contributed by atoms with E-state index in [9.17, 15) is 26.4 Å². The third-order valence-corrected chi connectivity index (χ3v) is 7.02. The van der Waals surface area contributed by atoms with Crippen molar-refractivity contribution in [2.45, 2.75) is 6.18 Å². The fourth-order valence-electron chi connectivity index (χ4n) is 3.99. The second kappa shape index (κ2) is 12.1. The number of alkyl halides is 3. The van der Waals surface area contributed by atoms with Crippen LogP contribution >= 0.6 is 0 Å². The molecule has 0 amide bonds. The van der Waals surface area contributed by atoms with Crippen LogP contribution in [0.2, 0.25) is 0 Å². The lowest BCUT2D eigenvalue weighted by atomic mass is 10.2. The first kappa shape index (κ1) is 30.1. The van der Waals surface area contributed by atoms with E-state index in [1.807, 2.05) is 72.1 Å². The summed E-state index contributed by atoms with van der Waals surface area (Å²) in [5.74, 6) is -2.95. The average Bonchev–Trinajstić information content (AvgIpc) is 3.30. The van der Waals surface area contributed by atoms with Crippen LogP contribution in [0.4, 0.5) is 47.9 Å². The summed E-state index contributed by atoms with van der Waals surface area (Å²) in [5.41, 5.74) is 3.93. The highest BCUT2D eigenvalue weighted by molar-refractivity contribution is 7.86. The zero-order valence-corrected chi connectivity index (χ0v) is 23.9. The number of anilines is 6. The molecule has 2 N–H and O–H groups in total. The SMILES string of the molecule is CN(c1ccc2c(c1)nc(Nc1ccccc1)n2C)c1ccnc(Nc2ccc(OS(=O)(=O)COC(=O)C(F)(F)F)cc2)n1. The van der Waals surface area contributed by atoms with Crippen LogP contribution in [0.25, 0.3) is 11.0 Å². The standard InChI is InChI=1S/C28H24F3N7O5S/c1-37(20-10-13-23-22(16-20)35-27(38(23)2)34-18-6-4-3-5-7-18)24-14-15-32-26(36-24)33-19-8-11-21(12-9-19)43-44(40,41)17-42-25(39)28(29,30)31/h3-16H,17H2,1-2H3,(H,34,35)(H,32,33,36). The molecule has 0 atom stereocenters. The van der Waals surface area contributed by atoms with Crippen LogP contribution in [-0.2, 0) is 26.7 Å². The molecule has 3 aromatic carbocycles. The Morgan fingerprint density at radius 1 is 0.955 bits per heavy atom. The fourth-order valence-corrected chi connectivity index (χ4v) is 4.69. The van der Waals surface area contributed by atoms with Crippen LogP contribution in [0.1, 0.15) is 0 Å². The summed E-state index contributed by atoms with van der Waals surface area (Å²) in [7, 11) is -0.861. The Bertz CT molecular complexity index is 1900. The summed E-state index contributed by atoms with van der Waals surface area (Å²) >= 11 is 0. The molecule has 0 aliphatic carbocycles. The van der Waals surface area contributed by atoms with E-state index in [1.54, 1.807) is 12.3 Å². The van der Waals surface area contributed by atoms with Crippen LogP contribution < -0.4 is 19.7 Å². The smallest absolute Gasteiger partial charge is 0.439 e. The molecular formula is C28H24F3N7O5S. The van der Waals surface area contributed by atoms with E-state index >= 15 is 0 Å². The number of esters is 1. The molecule has 0 unspecified atom stereocenters. The van der Waals surface area contributed by atoms with Gasteiger partial charge in [0.05, 0.1) is 11.0 Å². The molecule has 0 bridgehead atoms. The number of para-hydroxylation sites is 1. The number of rotatable bonds is 10. The van der Waals surface area contributed by atoms with Gasteiger partial charge in [0.15, 0.2) is 0 Å². The maximum Gasteiger partial charge on any atom is 0.490 e. The van der Waals surface area contributed by atoms with Gasteiger partial charge in [-0.15, -0.1) is 0 Å². The Morgan fingerprint density at radius 3 is 2.36 bits per heavy atom. The second-order valence-electron chi connectivity index (χ2n) is 9.29. The van der Waals surface area contributed by atoms with Crippen molar-refractivity contribution in [1.82, 2.24) is 19.5 Å². The quantitative estimate of drug-likeness (QED) is 0.152. The van der Waals surface area contributed by atoms with Crippen LogP contribution in [0.15, 0.2) is 85.1 Å². The van der Waals surface area contributed by atoms with Gasteiger partial charge in [-0.05, 0) is 60.7 Å². The Balaban J connectivity index is 1.25. The number of nitrogens with zero attached hydrogens (tertiary/aromatic N) is 5. The number of hydrogen-bond donors (Lipinski definition) is 2. The van der Waals surface area contributed by atoms with E-state index in [1.165, 1.54) is 24.3 Å². The highest BCUT2D eigenvalue weighted by Crippen LogP contribution is 2.29. The zero-order valence-electron chi connectivity index (χ0n) is 23.1. The number of fused-ring (bicyclic) bond motifs is 1. The molecule has 12 nitrogen and oxygen atoms in total. The lowest BCUT2D eigenvalue weighted by molar-refractivity contribution is -0.197. The maximum atomic E-state index is 12.2. The minimum absolute atomic E-state index is 0.208. The predicted molar refractivity (Wildman–Crippen MR) is 157 cm³/mol. The van der Waals surface area contributed by atoms with Gasteiger partial charge < -0.3 is 29.0 Å². The van der Waals surface area contributed by atoms with Gasteiger partial charge in [-0.2, -0.15) is 26.6 Å². The number of ether oxygens (including phenoxy) is 1. The lowest BCUT2D eigenvalue weighted by Gasteiger charge is -2.19. The molecule has 16 heteroatoms. The third-order valence-electron chi connectivity index (χ3n) is 6.17. The summed E-state index contributed by atoms with van der Waals surface area (Å²) in [6, 6.07) is 22.7. The van der Waals surface area contributed by atoms with Crippen LogP contribution in [0, 0.1) is 0 Å². The van der Waals surface area contributed by atoms with Crippen molar-refractivity contribution in [2.75, 3.05) is 28.5 Å². The molecule has 0 fully saturated rings. The number of imidazole rings is 1. The lowest BCUT2D eigenvalue weighted by Crippen LogP contribution is -2.28. The van der Waals surface area contributed by atoms with Gasteiger partial charge in [0.25, 0.3) is 0 Å². The van der Waals surface area contributed by atoms with Gasteiger partial charge in [0, 0.05) is 37.4 Å². The normalized spacial score (nSPS) is 11.7. The first-order valence-corrected chi connectivity index (χ1v) is 14.3. The first-order chi connectivity index (χ1) is 20.9. The number of nitrogens with one attached hydrogen (secondary N) is 2. The molecule has 0 aliphatic heterocycles. The summed E-state index contributed by atoms with van der Waals surface area (Å²) in [6.07, 6.45) is -3.76. The molecule has 2 heterocycles. The zero-order chi connectivity index (χ0) is 31.5. The minimum Gasteiger partial charge on any atom is -0.439 e. The van der Waals surface area contributed by atoms with Crippen molar-refractivity contribution >= 4 is 61.9 Å². The third kappa shape index (κ3) is 7.15. The Labute approximate surface area is 249 Å². The number of hydrogen-bond acceptors (Lipinski definition) is 11. The van der Waals surface area contributed by atoms with Crippen molar-refractivity contribution in [3.8, 4) is 5.75 Å². The summed E-state index contributed by atoms with van der Waals surface area (Å²) in [5, 5.41) is 6.31. The Kier molecular flexibility index (Phi) is 8.26. The molecule has 0 saturated carbocycles. The molecule has 2 aromatic heterocycles. The van der Waals surface area contributed by atoms with Gasteiger partial charge in [0.2, 0.25) is 17.8 Å². The highest BCUT2D eigenvalue weighted by atomic mass is 32.2. The van der Waals surface area contributed by atoms with E-state index < -0.39 is 28.2 Å². The minimum atomic E-state index is -5.33. The molecule has 0 spiro atoms. The second-order valence-corrected chi connectivity index (χ2v) is 10.8. The molecule has 0 saturated heterocycles. The van der Waals surface area contributed by atoms with E-state index in [2.05, 4.69) is 25.3 Å². The van der Waals surface area contributed by atoms with Crippen molar-refractivity contribution in [1.29, 1.82) is 0 Å². The van der Waals surface area contributed by atoms with Crippen LogP contribution in [0.5, 0.6) is 5.75 Å². The molecule has 0 aliphatic rings. The van der Waals surface area contributed by atoms with E-state index in [4.69, 9.17) is 9.17 Å². The fraction of sp³-hybridized carbons (Fsp3) is 0.143. The Hall–Kier alpha value is -5.38. The molecule has 5 rings (SSSR count). The number of benzene rings is 3. The van der Waals surface area contributed by atoms with Crippen LogP contribution in [0.3, 0.4) is 0 Å². The maximum absolute atomic E-state index is 12.2. The Morgan fingerprint density at radius 2 is 1.66 bits per heavy atom. The van der Waals surface area contributed by atoms with Crippen molar-refractivity contribution in [2.24, 2.45) is 7.05 Å². The largest absolute Gasteiger partial charge is 0.490 e.